The standard InChI is InChI=1S/C22H24N4O3S/c1-26-21(17-8-9-18-19(14-17)29-13-5-12-28-18)24-25-22(26)30-15-20(27)23-11-10-16-6-3-2-4-7-16/h2-4,6-9,14H,5,10-13,15H2,1H3,(H,23,27). The highest BCUT2D eigenvalue weighted by atomic mass is 32.2. The summed E-state index contributed by atoms with van der Waals surface area (Å²) in [5.41, 5.74) is 2.10. The highest BCUT2D eigenvalue weighted by molar-refractivity contribution is 7.99. The smallest absolute Gasteiger partial charge is 0.230 e. The third-order valence-corrected chi connectivity index (χ3v) is 5.77. The van der Waals surface area contributed by atoms with E-state index in [2.05, 4.69) is 27.6 Å². The predicted molar refractivity (Wildman–Crippen MR) is 116 cm³/mol. The van der Waals surface area contributed by atoms with Gasteiger partial charge in [0.15, 0.2) is 22.5 Å². The van der Waals surface area contributed by atoms with E-state index >= 15 is 0 Å². The minimum absolute atomic E-state index is 0.0175. The van der Waals surface area contributed by atoms with Crippen LogP contribution in [0, 0.1) is 0 Å². The molecule has 0 aliphatic carbocycles. The highest BCUT2D eigenvalue weighted by Crippen LogP contribution is 2.34. The van der Waals surface area contributed by atoms with Crippen molar-refractivity contribution in [3.63, 3.8) is 0 Å². The van der Waals surface area contributed by atoms with Crippen LogP contribution in [0.5, 0.6) is 11.5 Å². The van der Waals surface area contributed by atoms with Gasteiger partial charge in [0.1, 0.15) is 0 Å². The molecular formula is C22H24N4O3S. The van der Waals surface area contributed by atoms with Crippen molar-refractivity contribution in [3.8, 4) is 22.9 Å². The Balaban J connectivity index is 1.33. The Bertz CT molecular complexity index is 1010. The van der Waals surface area contributed by atoms with Crippen LogP contribution in [0.2, 0.25) is 0 Å². The molecule has 0 atom stereocenters. The Morgan fingerprint density at radius 2 is 1.90 bits per heavy atom. The van der Waals surface area contributed by atoms with E-state index < -0.39 is 0 Å². The van der Waals surface area contributed by atoms with Gasteiger partial charge in [-0.15, -0.1) is 10.2 Å². The van der Waals surface area contributed by atoms with Crippen LogP contribution in [0.4, 0.5) is 0 Å². The van der Waals surface area contributed by atoms with Gasteiger partial charge in [0, 0.05) is 25.6 Å². The van der Waals surface area contributed by atoms with Crippen molar-refractivity contribution in [2.45, 2.75) is 18.0 Å². The number of amides is 1. The molecule has 0 radical (unpaired) electrons. The van der Waals surface area contributed by atoms with Crippen LogP contribution in [0.25, 0.3) is 11.4 Å². The maximum atomic E-state index is 12.2. The molecule has 30 heavy (non-hydrogen) atoms. The second-order valence-corrected chi connectivity index (χ2v) is 7.89. The fourth-order valence-electron chi connectivity index (χ4n) is 3.17. The summed E-state index contributed by atoms with van der Waals surface area (Å²) in [5.74, 6) is 2.47. The van der Waals surface area contributed by atoms with E-state index in [0.717, 1.165) is 35.7 Å². The lowest BCUT2D eigenvalue weighted by molar-refractivity contribution is -0.118. The summed E-state index contributed by atoms with van der Waals surface area (Å²) in [5, 5.41) is 12.2. The van der Waals surface area contributed by atoms with Crippen LogP contribution >= 0.6 is 11.8 Å². The fraction of sp³-hybridized carbons (Fsp3) is 0.318. The van der Waals surface area contributed by atoms with Gasteiger partial charge < -0.3 is 19.4 Å². The Labute approximate surface area is 179 Å². The largest absolute Gasteiger partial charge is 0.490 e. The SMILES string of the molecule is Cn1c(SCC(=O)NCCc2ccccc2)nnc1-c1ccc2c(c1)OCCCO2. The minimum Gasteiger partial charge on any atom is -0.490 e. The van der Waals surface area contributed by atoms with Crippen LogP contribution < -0.4 is 14.8 Å². The summed E-state index contributed by atoms with van der Waals surface area (Å²) in [6, 6.07) is 15.9. The molecular weight excluding hydrogens is 400 g/mol. The number of fused-ring (bicyclic) bond motifs is 1. The first kappa shape index (κ1) is 20.3. The zero-order chi connectivity index (χ0) is 20.8. The minimum atomic E-state index is -0.0175. The maximum absolute atomic E-state index is 12.2. The number of nitrogens with one attached hydrogen (secondary N) is 1. The quantitative estimate of drug-likeness (QED) is 0.587. The Morgan fingerprint density at radius 1 is 1.10 bits per heavy atom. The van der Waals surface area contributed by atoms with Gasteiger partial charge in [0.2, 0.25) is 5.91 Å². The van der Waals surface area contributed by atoms with Crippen LogP contribution in [-0.2, 0) is 18.3 Å². The van der Waals surface area contributed by atoms with Crippen molar-refractivity contribution < 1.29 is 14.3 Å². The molecule has 7 nitrogen and oxygen atoms in total. The van der Waals surface area contributed by atoms with Gasteiger partial charge in [-0.2, -0.15) is 0 Å². The number of hydrogen-bond donors (Lipinski definition) is 1. The summed E-state index contributed by atoms with van der Waals surface area (Å²) in [6.45, 7) is 1.91. The average Bonchev–Trinajstić information content (AvgIpc) is 2.97. The highest BCUT2D eigenvalue weighted by Gasteiger charge is 2.16. The van der Waals surface area contributed by atoms with Crippen molar-refractivity contribution in [3.05, 3.63) is 54.1 Å². The van der Waals surface area contributed by atoms with Gasteiger partial charge in [-0.1, -0.05) is 42.1 Å². The van der Waals surface area contributed by atoms with E-state index in [0.29, 0.717) is 30.7 Å². The molecule has 2 aromatic carbocycles. The zero-order valence-corrected chi connectivity index (χ0v) is 17.7. The summed E-state index contributed by atoms with van der Waals surface area (Å²) in [7, 11) is 1.90. The Hall–Kier alpha value is -3.00. The molecule has 3 aromatic rings. The van der Waals surface area contributed by atoms with E-state index in [9.17, 15) is 4.79 Å². The molecule has 156 valence electrons. The number of carbonyl (C=O) groups excluding carboxylic acids is 1. The van der Waals surface area contributed by atoms with Crippen molar-refractivity contribution in [2.75, 3.05) is 25.5 Å². The van der Waals surface area contributed by atoms with Crippen LogP contribution in [0.1, 0.15) is 12.0 Å². The number of nitrogens with zero attached hydrogens (tertiary/aromatic N) is 3. The number of ether oxygens (including phenoxy) is 2. The summed E-state index contributed by atoms with van der Waals surface area (Å²) in [6.07, 6.45) is 1.68. The number of carbonyl (C=O) groups is 1. The lowest BCUT2D eigenvalue weighted by Gasteiger charge is -2.09. The molecule has 4 rings (SSSR count). The van der Waals surface area contributed by atoms with Gasteiger partial charge in [0.05, 0.1) is 19.0 Å². The first-order valence-corrected chi connectivity index (χ1v) is 10.9. The summed E-state index contributed by atoms with van der Waals surface area (Å²) < 4.78 is 13.3. The molecule has 0 unspecified atom stereocenters. The molecule has 1 amide bonds. The topological polar surface area (TPSA) is 78.3 Å². The normalized spacial score (nSPS) is 13.0. The molecule has 1 aliphatic rings. The molecule has 0 saturated carbocycles. The number of aromatic nitrogens is 3. The summed E-state index contributed by atoms with van der Waals surface area (Å²) >= 11 is 1.37. The van der Waals surface area contributed by atoms with E-state index in [1.807, 2.05) is 48.0 Å². The zero-order valence-electron chi connectivity index (χ0n) is 16.8. The first-order chi connectivity index (χ1) is 14.7. The maximum Gasteiger partial charge on any atom is 0.230 e. The van der Waals surface area contributed by atoms with Crippen molar-refractivity contribution in [1.29, 1.82) is 0 Å². The van der Waals surface area contributed by atoms with E-state index in [-0.39, 0.29) is 5.91 Å². The van der Waals surface area contributed by atoms with Crippen molar-refractivity contribution in [1.82, 2.24) is 20.1 Å². The van der Waals surface area contributed by atoms with E-state index in [4.69, 9.17) is 9.47 Å². The van der Waals surface area contributed by atoms with Crippen LogP contribution in [-0.4, -0.2) is 46.2 Å². The molecule has 1 aliphatic heterocycles. The molecule has 0 fully saturated rings. The number of benzene rings is 2. The molecule has 1 N–H and O–H groups in total. The first-order valence-electron chi connectivity index (χ1n) is 9.93. The van der Waals surface area contributed by atoms with Crippen LogP contribution in [0.15, 0.2) is 53.7 Å². The monoisotopic (exact) mass is 424 g/mol. The van der Waals surface area contributed by atoms with Gasteiger partial charge in [-0.3, -0.25) is 4.79 Å². The van der Waals surface area contributed by atoms with Gasteiger partial charge in [0.25, 0.3) is 0 Å². The number of hydrogen-bond acceptors (Lipinski definition) is 6. The number of thioether (sulfide) groups is 1. The van der Waals surface area contributed by atoms with Crippen LogP contribution in [0.3, 0.4) is 0 Å². The summed E-state index contributed by atoms with van der Waals surface area (Å²) in [4.78, 5) is 12.2. The van der Waals surface area contributed by atoms with Crippen molar-refractivity contribution >= 4 is 17.7 Å². The van der Waals surface area contributed by atoms with E-state index in [1.54, 1.807) is 0 Å². The van der Waals surface area contributed by atoms with Gasteiger partial charge in [-0.05, 0) is 30.2 Å². The lowest BCUT2D eigenvalue weighted by Crippen LogP contribution is -2.27. The average molecular weight is 425 g/mol. The molecule has 0 bridgehead atoms. The third-order valence-electron chi connectivity index (χ3n) is 4.75. The molecule has 2 heterocycles. The number of rotatable bonds is 7. The Kier molecular flexibility index (Phi) is 6.53. The third kappa shape index (κ3) is 4.94. The van der Waals surface area contributed by atoms with Gasteiger partial charge >= 0.3 is 0 Å². The van der Waals surface area contributed by atoms with Gasteiger partial charge in [-0.25, -0.2) is 0 Å². The fourth-order valence-corrected chi connectivity index (χ4v) is 3.91. The molecule has 0 spiro atoms. The molecule has 1 aromatic heterocycles. The second kappa shape index (κ2) is 9.67. The second-order valence-electron chi connectivity index (χ2n) is 6.95. The molecule has 0 saturated heterocycles. The van der Waals surface area contributed by atoms with Crippen molar-refractivity contribution in [2.24, 2.45) is 7.05 Å². The Morgan fingerprint density at radius 3 is 2.73 bits per heavy atom. The molecule has 8 heteroatoms. The predicted octanol–water partition coefficient (Wildman–Crippen LogP) is 3.09. The lowest BCUT2D eigenvalue weighted by atomic mass is 10.1. The van der Waals surface area contributed by atoms with E-state index in [1.165, 1.54) is 17.3 Å².